The van der Waals surface area contributed by atoms with Crippen LogP contribution < -0.4 is 5.32 Å². The highest BCUT2D eigenvalue weighted by molar-refractivity contribution is 5.16. The van der Waals surface area contributed by atoms with Gasteiger partial charge in [0.05, 0.1) is 0 Å². The second kappa shape index (κ2) is 4.44. The molecule has 0 amide bonds. The summed E-state index contributed by atoms with van der Waals surface area (Å²) in [5.74, 6) is 1.60. The Kier molecular flexibility index (Phi) is 3.00. The molecular formula is C13H16F3N3. The van der Waals surface area contributed by atoms with Crippen molar-refractivity contribution in [2.24, 2.45) is 11.8 Å². The molecule has 1 aromatic rings. The molecule has 104 valence electrons. The van der Waals surface area contributed by atoms with Gasteiger partial charge in [-0.15, -0.1) is 0 Å². The van der Waals surface area contributed by atoms with E-state index in [0.717, 1.165) is 32.0 Å². The van der Waals surface area contributed by atoms with Crippen molar-refractivity contribution in [2.75, 3.05) is 13.1 Å². The number of alkyl halides is 3. The van der Waals surface area contributed by atoms with E-state index >= 15 is 0 Å². The Morgan fingerprint density at radius 1 is 1.16 bits per heavy atom. The van der Waals surface area contributed by atoms with Gasteiger partial charge in [-0.1, -0.05) is 0 Å². The van der Waals surface area contributed by atoms with Crippen LogP contribution in [0.2, 0.25) is 0 Å². The first-order chi connectivity index (χ1) is 8.93. The molecule has 0 aromatic carbocycles. The monoisotopic (exact) mass is 271 g/mol. The quantitative estimate of drug-likeness (QED) is 0.853. The minimum absolute atomic E-state index is 0.0816. The summed E-state index contributed by atoms with van der Waals surface area (Å²) in [6.07, 6.45) is -2.59. The maximum Gasteiger partial charge on any atom is 0.433 e. The molecule has 0 spiro atoms. The van der Waals surface area contributed by atoms with Crippen LogP contribution in [0.3, 0.4) is 0 Å². The molecule has 2 unspecified atom stereocenters. The molecule has 1 aromatic heterocycles. The van der Waals surface area contributed by atoms with E-state index in [1.807, 2.05) is 0 Å². The van der Waals surface area contributed by atoms with Crippen molar-refractivity contribution in [1.29, 1.82) is 0 Å². The Labute approximate surface area is 109 Å². The number of aryl methyl sites for hydroxylation is 1. The van der Waals surface area contributed by atoms with Gasteiger partial charge < -0.3 is 5.32 Å². The summed E-state index contributed by atoms with van der Waals surface area (Å²) in [6.45, 7) is 3.54. The van der Waals surface area contributed by atoms with Crippen molar-refractivity contribution in [3.63, 3.8) is 0 Å². The van der Waals surface area contributed by atoms with Crippen molar-refractivity contribution < 1.29 is 13.2 Å². The number of hydrogen-bond acceptors (Lipinski definition) is 3. The van der Waals surface area contributed by atoms with Crippen LogP contribution in [0, 0.1) is 18.8 Å². The fourth-order valence-corrected chi connectivity index (χ4v) is 3.30. The SMILES string of the molecule is Cc1cc(C(F)(F)F)nc(C2CC3CNCC3C2)n1. The second-order valence-corrected chi connectivity index (χ2v) is 5.60. The molecule has 1 aliphatic heterocycles. The zero-order valence-corrected chi connectivity index (χ0v) is 10.7. The van der Waals surface area contributed by atoms with Gasteiger partial charge in [0.25, 0.3) is 0 Å². The largest absolute Gasteiger partial charge is 0.433 e. The minimum atomic E-state index is -4.39. The van der Waals surface area contributed by atoms with E-state index < -0.39 is 11.9 Å². The van der Waals surface area contributed by atoms with Crippen LogP contribution in [-0.4, -0.2) is 23.1 Å². The third-order valence-corrected chi connectivity index (χ3v) is 4.18. The van der Waals surface area contributed by atoms with Crippen LogP contribution in [0.25, 0.3) is 0 Å². The summed E-state index contributed by atoms with van der Waals surface area (Å²) in [5.41, 5.74) is -0.419. The van der Waals surface area contributed by atoms with Crippen LogP contribution >= 0.6 is 0 Å². The van der Waals surface area contributed by atoms with Gasteiger partial charge in [0.15, 0.2) is 0 Å². The molecule has 2 atom stereocenters. The van der Waals surface area contributed by atoms with Crippen LogP contribution in [-0.2, 0) is 6.18 Å². The molecule has 3 rings (SSSR count). The Morgan fingerprint density at radius 3 is 2.37 bits per heavy atom. The van der Waals surface area contributed by atoms with Crippen molar-refractivity contribution in [3.05, 3.63) is 23.3 Å². The second-order valence-electron chi connectivity index (χ2n) is 5.60. The van der Waals surface area contributed by atoms with Crippen molar-refractivity contribution >= 4 is 0 Å². The lowest BCUT2D eigenvalue weighted by molar-refractivity contribution is -0.141. The predicted octanol–water partition coefficient (Wildman–Crippen LogP) is 2.52. The maximum atomic E-state index is 12.8. The van der Waals surface area contributed by atoms with E-state index in [9.17, 15) is 13.2 Å². The number of hydrogen-bond donors (Lipinski definition) is 1. The molecule has 0 radical (unpaired) electrons. The fourth-order valence-electron chi connectivity index (χ4n) is 3.30. The van der Waals surface area contributed by atoms with E-state index in [4.69, 9.17) is 0 Å². The molecule has 2 aliphatic rings. The van der Waals surface area contributed by atoms with Crippen molar-refractivity contribution in [1.82, 2.24) is 15.3 Å². The Balaban J connectivity index is 1.87. The highest BCUT2D eigenvalue weighted by Crippen LogP contribution is 2.43. The Morgan fingerprint density at radius 2 is 1.79 bits per heavy atom. The summed E-state index contributed by atoms with van der Waals surface area (Å²) in [4.78, 5) is 7.98. The van der Waals surface area contributed by atoms with Crippen molar-refractivity contribution in [3.8, 4) is 0 Å². The molecular weight excluding hydrogens is 255 g/mol. The zero-order chi connectivity index (χ0) is 13.6. The van der Waals surface area contributed by atoms with Crippen LogP contribution in [0.1, 0.15) is 36.0 Å². The number of fused-ring (bicyclic) bond motifs is 1. The number of nitrogens with zero attached hydrogens (tertiary/aromatic N) is 2. The van der Waals surface area contributed by atoms with E-state index in [2.05, 4.69) is 15.3 Å². The van der Waals surface area contributed by atoms with Crippen LogP contribution in [0.15, 0.2) is 6.07 Å². The highest BCUT2D eigenvalue weighted by atomic mass is 19.4. The third kappa shape index (κ3) is 2.45. The number of aromatic nitrogens is 2. The number of nitrogens with one attached hydrogen (secondary N) is 1. The molecule has 1 saturated carbocycles. The summed E-state index contributed by atoms with van der Waals surface area (Å²) >= 11 is 0. The lowest BCUT2D eigenvalue weighted by Gasteiger charge is -2.13. The lowest BCUT2D eigenvalue weighted by Crippen LogP contribution is -2.15. The molecule has 1 N–H and O–H groups in total. The first kappa shape index (κ1) is 12.8. The van der Waals surface area contributed by atoms with Gasteiger partial charge >= 0.3 is 6.18 Å². The maximum absolute atomic E-state index is 12.8. The topological polar surface area (TPSA) is 37.8 Å². The normalized spacial score (nSPS) is 30.6. The first-order valence-corrected chi connectivity index (χ1v) is 6.57. The Bertz CT molecular complexity index is 475. The van der Waals surface area contributed by atoms with Gasteiger partial charge in [-0.3, -0.25) is 0 Å². The molecule has 1 aliphatic carbocycles. The Hall–Kier alpha value is -1.17. The van der Waals surface area contributed by atoms with Gasteiger partial charge in [0.2, 0.25) is 0 Å². The highest BCUT2D eigenvalue weighted by Gasteiger charge is 2.40. The molecule has 0 bridgehead atoms. The summed E-state index contributed by atoms with van der Waals surface area (Å²) in [6, 6.07) is 1.01. The van der Waals surface area contributed by atoms with Crippen LogP contribution in [0.5, 0.6) is 0 Å². The van der Waals surface area contributed by atoms with Gasteiger partial charge in [-0.2, -0.15) is 13.2 Å². The van der Waals surface area contributed by atoms with E-state index in [1.54, 1.807) is 6.92 Å². The van der Waals surface area contributed by atoms with Gasteiger partial charge in [0.1, 0.15) is 11.5 Å². The fraction of sp³-hybridized carbons (Fsp3) is 0.692. The lowest BCUT2D eigenvalue weighted by atomic mass is 10.0. The predicted molar refractivity (Wildman–Crippen MR) is 63.6 cm³/mol. The van der Waals surface area contributed by atoms with Gasteiger partial charge in [0, 0.05) is 11.6 Å². The molecule has 2 fully saturated rings. The first-order valence-electron chi connectivity index (χ1n) is 6.57. The van der Waals surface area contributed by atoms with E-state index in [1.165, 1.54) is 0 Å². The van der Waals surface area contributed by atoms with Crippen molar-refractivity contribution in [2.45, 2.75) is 31.9 Å². The molecule has 19 heavy (non-hydrogen) atoms. The van der Waals surface area contributed by atoms with Gasteiger partial charge in [-0.05, 0) is 50.8 Å². The molecule has 6 heteroatoms. The van der Waals surface area contributed by atoms with E-state index in [0.29, 0.717) is 23.4 Å². The van der Waals surface area contributed by atoms with E-state index in [-0.39, 0.29) is 5.92 Å². The van der Waals surface area contributed by atoms with Gasteiger partial charge in [-0.25, -0.2) is 9.97 Å². The zero-order valence-electron chi connectivity index (χ0n) is 10.7. The summed E-state index contributed by atoms with van der Waals surface area (Å²) < 4.78 is 38.3. The smallest absolute Gasteiger partial charge is 0.316 e. The summed E-state index contributed by atoms with van der Waals surface area (Å²) in [7, 11) is 0. The van der Waals surface area contributed by atoms with Crippen LogP contribution in [0.4, 0.5) is 13.2 Å². The standard InChI is InChI=1S/C13H16F3N3/c1-7-2-11(13(14,15)16)19-12(18-7)8-3-9-5-17-6-10(9)4-8/h2,8-10,17H,3-6H2,1H3. The minimum Gasteiger partial charge on any atom is -0.316 e. The average molecular weight is 271 g/mol. The summed E-state index contributed by atoms with van der Waals surface area (Å²) in [5, 5.41) is 3.32. The number of rotatable bonds is 1. The third-order valence-electron chi connectivity index (χ3n) is 4.18. The average Bonchev–Trinajstić information content (AvgIpc) is 2.86. The molecule has 2 heterocycles. The molecule has 1 saturated heterocycles. The molecule has 3 nitrogen and oxygen atoms in total. The number of halogens is 3.